The van der Waals surface area contributed by atoms with Crippen LogP contribution in [0.15, 0.2) is 36.4 Å². The minimum Gasteiger partial charge on any atom is -0.381 e. The molecule has 34 heavy (non-hydrogen) atoms. The van der Waals surface area contributed by atoms with Crippen LogP contribution >= 0.6 is 0 Å². The molecule has 0 bridgehead atoms. The van der Waals surface area contributed by atoms with Gasteiger partial charge in [0.05, 0.1) is 16.0 Å². The van der Waals surface area contributed by atoms with Crippen LogP contribution in [0.4, 0.5) is 10.1 Å². The molecule has 5 rings (SSSR count). The van der Waals surface area contributed by atoms with Crippen LogP contribution in [-0.4, -0.2) is 59.9 Å². The predicted octanol–water partition coefficient (Wildman–Crippen LogP) is 2.03. The third-order valence-corrected chi connectivity index (χ3v) is 6.46. The summed E-state index contributed by atoms with van der Waals surface area (Å²) < 4.78 is 37.5. The molecule has 2 aromatic carbocycles. The quantitative estimate of drug-likeness (QED) is 0.631. The zero-order valence-electron chi connectivity index (χ0n) is 20.6. The minimum atomic E-state index is -2.26. The average Bonchev–Trinajstić information content (AvgIpc) is 3.17. The molecule has 9 heteroatoms. The van der Waals surface area contributed by atoms with Crippen LogP contribution in [0.3, 0.4) is 0 Å². The number of fused-ring (bicyclic) bond motifs is 1. The van der Waals surface area contributed by atoms with Crippen LogP contribution in [0, 0.1) is 5.82 Å². The van der Waals surface area contributed by atoms with Crippen molar-refractivity contribution in [3.05, 3.63) is 64.5 Å². The lowest BCUT2D eigenvalue weighted by atomic mass is 10.0. The summed E-state index contributed by atoms with van der Waals surface area (Å²) in [5, 5.41) is 5.04. The third-order valence-electron chi connectivity index (χ3n) is 6.46. The number of carbonyl (C=O) groups excluding carboxylic acids is 3. The van der Waals surface area contributed by atoms with Gasteiger partial charge in [-0.3, -0.25) is 24.6 Å². The second-order valence-electron chi connectivity index (χ2n) is 8.68. The second kappa shape index (κ2) is 9.52. The number of benzene rings is 2. The molecule has 3 amide bonds. The molecule has 0 unspecified atom stereocenters. The molecule has 2 saturated heterocycles. The summed E-state index contributed by atoms with van der Waals surface area (Å²) in [5.41, 5.74) is 1.83. The summed E-state index contributed by atoms with van der Waals surface area (Å²) >= 11 is 0. The largest absolute Gasteiger partial charge is 0.381 e. The highest BCUT2D eigenvalue weighted by molar-refractivity contribution is 6.06. The highest BCUT2D eigenvalue weighted by atomic mass is 19.1. The summed E-state index contributed by atoms with van der Waals surface area (Å²) in [4.78, 5) is 40.4. The summed E-state index contributed by atoms with van der Waals surface area (Å²) in [7, 11) is 0. The standard InChI is InChI=1S/C25H27FN4O4/c26-20-12-16(14-29-8-10-34-11-9-29)4-5-17(20)13-27-21-3-1-2-18-19(21)15-30(25(18)33)22-6-7-23(31)28-24(22)32/h1-5,12,22,27H,6-11,13-15H2,(H,28,31,32)/t22-/m1/s1/i13D2. The van der Waals surface area contributed by atoms with E-state index in [0.29, 0.717) is 36.6 Å². The Morgan fingerprint density at radius 1 is 1.18 bits per heavy atom. The highest BCUT2D eigenvalue weighted by Gasteiger charge is 2.39. The monoisotopic (exact) mass is 468 g/mol. The van der Waals surface area contributed by atoms with Gasteiger partial charge >= 0.3 is 0 Å². The van der Waals surface area contributed by atoms with Crippen molar-refractivity contribution in [1.29, 1.82) is 0 Å². The number of rotatable bonds is 6. The molecule has 2 N–H and O–H groups in total. The van der Waals surface area contributed by atoms with E-state index in [1.54, 1.807) is 24.3 Å². The van der Waals surface area contributed by atoms with Crippen LogP contribution in [-0.2, 0) is 33.9 Å². The van der Waals surface area contributed by atoms with Gasteiger partial charge in [-0.2, -0.15) is 0 Å². The molecule has 0 radical (unpaired) electrons. The van der Waals surface area contributed by atoms with Gasteiger partial charge in [0.15, 0.2) is 0 Å². The van der Waals surface area contributed by atoms with Crippen molar-refractivity contribution in [3.8, 4) is 0 Å². The Bertz CT molecular complexity index is 1220. The lowest BCUT2D eigenvalue weighted by Crippen LogP contribution is -2.52. The molecule has 2 fully saturated rings. The molecular weight excluding hydrogens is 439 g/mol. The number of amides is 3. The van der Waals surface area contributed by atoms with Crippen LogP contribution in [0.5, 0.6) is 0 Å². The Morgan fingerprint density at radius 2 is 2.00 bits per heavy atom. The van der Waals surface area contributed by atoms with Crippen molar-refractivity contribution in [3.63, 3.8) is 0 Å². The molecule has 0 saturated carbocycles. The molecule has 8 nitrogen and oxygen atoms in total. The third kappa shape index (κ3) is 4.53. The molecule has 2 aromatic rings. The number of nitrogens with one attached hydrogen (secondary N) is 2. The van der Waals surface area contributed by atoms with E-state index in [9.17, 15) is 14.4 Å². The van der Waals surface area contributed by atoms with Crippen molar-refractivity contribution in [2.24, 2.45) is 0 Å². The lowest BCUT2D eigenvalue weighted by molar-refractivity contribution is -0.136. The first-order valence-corrected chi connectivity index (χ1v) is 11.4. The molecule has 3 aliphatic heterocycles. The number of ether oxygens (including phenoxy) is 1. The van der Waals surface area contributed by atoms with Gasteiger partial charge in [-0.05, 0) is 30.2 Å². The lowest BCUT2D eigenvalue weighted by Gasteiger charge is -2.29. The zero-order valence-corrected chi connectivity index (χ0v) is 18.6. The van der Waals surface area contributed by atoms with E-state index >= 15 is 4.39 Å². The highest BCUT2D eigenvalue weighted by Crippen LogP contribution is 2.32. The number of imide groups is 1. The molecule has 0 spiro atoms. The Balaban J connectivity index is 1.34. The van der Waals surface area contributed by atoms with E-state index in [-0.39, 0.29) is 36.8 Å². The van der Waals surface area contributed by atoms with Gasteiger partial charge in [0, 0.05) is 61.5 Å². The summed E-state index contributed by atoms with van der Waals surface area (Å²) in [5.74, 6) is -1.90. The first-order chi connectivity index (χ1) is 17.2. The second-order valence-corrected chi connectivity index (χ2v) is 8.68. The Kier molecular flexibility index (Phi) is 5.63. The molecule has 0 aromatic heterocycles. The molecule has 3 heterocycles. The Morgan fingerprint density at radius 3 is 2.76 bits per heavy atom. The van der Waals surface area contributed by atoms with E-state index in [0.717, 1.165) is 18.7 Å². The van der Waals surface area contributed by atoms with Gasteiger partial charge in [0.1, 0.15) is 11.9 Å². The predicted molar refractivity (Wildman–Crippen MR) is 122 cm³/mol. The van der Waals surface area contributed by atoms with E-state index in [1.807, 2.05) is 0 Å². The van der Waals surface area contributed by atoms with E-state index in [2.05, 4.69) is 15.5 Å². The number of hydrogen-bond donors (Lipinski definition) is 2. The summed E-state index contributed by atoms with van der Waals surface area (Å²) in [6.45, 7) is 1.18. The molecule has 1 atom stereocenters. The fourth-order valence-corrected chi connectivity index (χ4v) is 4.61. The normalized spacial score (nSPS) is 22.2. The number of carbonyl (C=O) groups is 3. The van der Waals surface area contributed by atoms with E-state index in [4.69, 9.17) is 7.48 Å². The molecule has 3 aliphatic rings. The van der Waals surface area contributed by atoms with Crippen LogP contribution < -0.4 is 10.6 Å². The maximum atomic E-state index is 15.1. The summed E-state index contributed by atoms with van der Waals surface area (Å²) in [6, 6.07) is 8.61. The SMILES string of the molecule is [2H]C([2H])(Nc1cccc2c1CN([C@@H]1CCC(=O)NC1=O)C2=O)c1ccc(CN2CCOCC2)cc1F. The van der Waals surface area contributed by atoms with Gasteiger partial charge in [-0.1, -0.05) is 18.2 Å². The number of nitrogens with zero attached hydrogens (tertiary/aromatic N) is 2. The molecule has 0 aliphatic carbocycles. The van der Waals surface area contributed by atoms with E-state index < -0.39 is 24.3 Å². The van der Waals surface area contributed by atoms with Gasteiger partial charge in [0.25, 0.3) is 5.91 Å². The maximum absolute atomic E-state index is 15.1. The number of halogens is 1. The van der Waals surface area contributed by atoms with Crippen molar-refractivity contribution in [2.45, 2.75) is 38.5 Å². The van der Waals surface area contributed by atoms with Crippen LogP contribution in [0.1, 0.15) is 42.6 Å². The molecular formula is C25H27FN4O4. The number of piperidine rings is 1. The van der Waals surface area contributed by atoms with Crippen molar-refractivity contribution >= 4 is 23.4 Å². The van der Waals surface area contributed by atoms with Gasteiger partial charge < -0.3 is 15.0 Å². The van der Waals surface area contributed by atoms with Gasteiger partial charge in [0.2, 0.25) is 11.8 Å². The first-order valence-electron chi connectivity index (χ1n) is 12.4. The topological polar surface area (TPSA) is 91.0 Å². The number of anilines is 1. The van der Waals surface area contributed by atoms with Gasteiger partial charge in [-0.15, -0.1) is 0 Å². The number of hydrogen-bond acceptors (Lipinski definition) is 6. The van der Waals surface area contributed by atoms with Gasteiger partial charge in [-0.25, -0.2) is 4.39 Å². The zero-order chi connectivity index (χ0) is 25.4. The maximum Gasteiger partial charge on any atom is 0.255 e. The Labute approximate surface area is 199 Å². The first kappa shape index (κ1) is 20.1. The number of morpholine rings is 1. The van der Waals surface area contributed by atoms with E-state index in [1.165, 1.54) is 17.0 Å². The summed E-state index contributed by atoms with van der Waals surface area (Å²) in [6.07, 6.45) is 0.376. The van der Waals surface area contributed by atoms with Crippen molar-refractivity contribution in [1.82, 2.24) is 15.1 Å². The van der Waals surface area contributed by atoms with Crippen molar-refractivity contribution in [2.75, 3.05) is 31.6 Å². The Hall–Kier alpha value is -3.30. The smallest absolute Gasteiger partial charge is 0.255 e. The average molecular weight is 469 g/mol. The van der Waals surface area contributed by atoms with Crippen LogP contribution in [0.25, 0.3) is 0 Å². The fourth-order valence-electron chi connectivity index (χ4n) is 4.61. The fraction of sp³-hybridized carbons (Fsp3) is 0.400. The molecule has 178 valence electrons. The minimum absolute atomic E-state index is 0.0840. The van der Waals surface area contributed by atoms with Crippen LogP contribution in [0.2, 0.25) is 0 Å². The van der Waals surface area contributed by atoms with Crippen molar-refractivity contribution < 1.29 is 26.3 Å².